The van der Waals surface area contributed by atoms with E-state index in [2.05, 4.69) is 5.32 Å². The van der Waals surface area contributed by atoms with Gasteiger partial charge in [0.05, 0.1) is 25.4 Å². The molecule has 1 aliphatic heterocycles. The Labute approximate surface area is 125 Å². The summed E-state index contributed by atoms with van der Waals surface area (Å²) in [7, 11) is 0. The second-order valence-corrected chi connectivity index (χ2v) is 5.48. The highest BCUT2D eigenvalue weighted by molar-refractivity contribution is 5.20. The van der Waals surface area contributed by atoms with Crippen molar-refractivity contribution in [3.8, 4) is 0 Å². The summed E-state index contributed by atoms with van der Waals surface area (Å²) in [6, 6.07) is 6.50. The molecule has 1 heterocycles. The molecule has 3 atom stereocenters. The molecule has 1 aromatic carbocycles. The van der Waals surface area contributed by atoms with Crippen LogP contribution in [0, 0.1) is 5.82 Å². The minimum absolute atomic E-state index is 0.154. The van der Waals surface area contributed by atoms with Gasteiger partial charge in [0, 0.05) is 24.8 Å². The lowest BCUT2D eigenvalue weighted by Crippen LogP contribution is -2.33. The Bertz CT molecular complexity index is 424. The van der Waals surface area contributed by atoms with Gasteiger partial charge in [-0.1, -0.05) is 18.2 Å². The van der Waals surface area contributed by atoms with Gasteiger partial charge in [-0.15, -0.1) is 0 Å². The van der Waals surface area contributed by atoms with Gasteiger partial charge < -0.3 is 19.9 Å². The molecule has 1 aromatic rings. The van der Waals surface area contributed by atoms with E-state index in [0.29, 0.717) is 18.7 Å². The number of nitrogens with one attached hydrogen (secondary N) is 1. The van der Waals surface area contributed by atoms with E-state index in [1.165, 1.54) is 6.07 Å². The number of ether oxygens (including phenoxy) is 2. The Balaban J connectivity index is 1.63. The average Bonchev–Trinajstić information content (AvgIpc) is 2.98. The van der Waals surface area contributed by atoms with Crippen molar-refractivity contribution in [3.63, 3.8) is 0 Å². The second kappa shape index (κ2) is 8.44. The summed E-state index contributed by atoms with van der Waals surface area (Å²) in [6.45, 7) is 3.83. The minimum atomic E-state index is -0.611. The zero-order valence-corrected chi connectivity index (χ0v) is 12.4. The van der Waals surface area contributed by atoms with Crippen molar-refractivity contribution in [2.75, 3.05) is 26.4 Å². The number of rotatable bonds is 8. The van der Waals surface area contributed by atoms with Gasteiger partial charge in [0.1, 0.15) is 5.82 Å². The van der Waals surface area contributed by atoms with Crippen molar-refractivity contribution in [1.29, 1.82) is 0 Å². The molecule has 0 saturated carbocycles. The second-order valence-electron chi connectivity index (χ2n) is 5.48. The van der Waals surface area contributed by atoms with Crippen LogP contribution >= 0.6 is 0 Å². The highest BCUT2D eigenvalue weighted by atomic mass is 19.1. The average molecular weight is 297 g/mol. The Morgan fingerprint density at radius 3 is 3.00 bits per heavy atom. The molecular weight excluding hydrogens is 273 g/mol. The Hall–Kier alpha value is -1.01. The first-order valence-electron chi connectivity index (χ1n) is 7.52. The number of aliphatic hydroxyl groups excluding tert-OH is 1. The quantitative estimate of drug-likeness (QED) is 0.771. The van der Waals surface area contributed by atoms with Gasteiger partial charge >= 0.3 is 0 Å². The van der Waals surface area contributed by atoms with Gasteiger partial charge in [0.15, 0.2) is 0 Å². The molecule has 118 valence electrons. The van der Waals surface area contributed by atoms with Crippen LogP contribution in [0.2, 0.25) is 0 Å². The Morgan fingerprint density at radius 1 is 1.48 bits per heavy atom. The van der Waals surface area contributed by atoms with E-state index in [1.54, 1.807) is 18.2 Å². The SMILES string of the molecule is CC(NCC(O)COCC1CCCO1)c1ccccc1F. The monoisotopic (exact) mass is 297 g/mol. The zero-order chi connectivity index (χ0) is 15.1. The fourth-order valence-corrected chi connectivity index (χ4v) is 2.42. The number of benzene rings is 1. The van der Waals surface area contributed by atoms with Crippen LogP contribution in [0.1, 0.15) is 31.4 Å². The number of hydrogen-bond acceptors (Lipinski definition) is 4. The van der Waals surface area contributed by atoms with Crippen LogP contribution in [-0.4, -0.2) is 43.7 Å². The van der Waals surface area contributed by atoms with E-state index < -0.39 is 6.10 Å². The van der Waals surface area contributed by atoms with Gasteiger partial charge in [-0.2, -0.15) is 0 Å². The smallest absolute Gasteiger partial charge is 0.127 e. The van der Waals surface area contributed by atoms with Gasteiger partial charge in [-0.3, -0.25) is 0 Å². The van der Waals surface area contributed by atoms with Crippen molar-refractivity contribution in [2.24, 2.45) is 0 Å². The van der Waals surface area contributed by atoms with Crippen LogP contribution in [0.3, 0.4) is 0 Å². The molecule has 2 N–H and O–H groups in total. The first kappa shape index (κ1) is 16.4. The molecule has 1 aliphatic rings. The molecule has 0 aliphatic carbocycles. The third-order valence-corrected chi connectivity index (χ3v) is 3.67. The summed E-state index contributed by atoms with van der Waals surface area (Å²) >= 11 is 0. The molecule has 0 spiro atoms. The molecule has 4 nitrogen and oxygen atoms in total. The van der Waals surface area contributed by atoms with Crippen LogP contribution < -0.4 is 5.32 Å². The molecule has 2 rings (SSSR count). The van der Waals surface area contributed by atoms with Crippen molar-refractivity contribution in [3.05, 3.63) is 35.6 Å². The van der Waals surface area contributed by atoms with Gasteiger partial charge in [0.25, 0.3) is 0 Å². The number of aliphatic hydroxyl groups is 1. The van der Waals surface area contributed by atoms with E-state index >= 15 is 0 Å². The molecular formula is C16H24FNO3. The van der Waals surface area contributed by atoms with E-state index in [1.807, 2.05) is 6.92 Å². The molecule has 1 saturated heterocycles. The summed E-state index contributed by atoms with van der Waals surface area (Å²) in [4.78, 5) is 0. The molecule has 5 heteroatoms. The van der Waals surface area contributed by atoms with E-state index in [4.69, 9.17) is 9.47 Å². The van der Waals surface area contributed by atoms with Crippen molar-refractivity contribution in [2.45, 2.75) is 38.0 Å². The van der Waals surface area contributed by atoms with E-state index in [-0.39, 0.29) is 24.6 Å². The number of halogens is 1. The molecule has 1 fully saturated rings. The fourth-order valence-electron chi connectivity index (χ4n) is 2.42. The van der Waals surface area contributed by atoms with E-state index in [0.717, 1.165) is 19.4 Å². The normalized spacial score (nSPS) is 21.4. The Morgan fingerprint density at radius 2 is 2.29 bits per heavy atom. The van der Waals surface area contributed by atoms with Crippen molar-refractivity contribution >= 4 is 0 Å². The summed E-state index contributed by atoms with van der Waals surface area (Å²) < 4.78 is 24.5. The van der Waals surface area contributed by atoms with Gasteiger partial charge in [0.2, 0.25) is 0 Å². The molecule has 0 bridgehead atoms. The summed E-state index contributed by atoms with van der Waals surface area (Å²) in [5.74, 6) is -0.235. The van der Waals surface area contributed by atoms with Crippen LogP contribution in [0.25, 0.3) is 0 Å². The summed E-state index contributed by atoms with van der Waals surface area (Å²) in [6.07, 6.45) is 1.67. The lowest BCUT2D eigenvalue weighted by molar-refractivity contribution is -0.0168. The lowest BCUT2D eigenvalue weighted by Gasteiger charge is -2.18. The first-order chi connectivity index (χ1) is 10.2. The molecule has 3 unspecified atom stereocenters. The standard InChI is InChI=1S/C16H24FNO3/c1-12(15-6-2-3-7-16(15)17)18-9-13(19)10-20-11-14-5-4-8-21-14/h2-3,6-7,12-14,18-19H,4-5,8-11H2,1H3. The predicted molar refractivity (Wildman–Crippen MR) is 78.6 cm³/mol. The molecule has 21 heavy (non-hydrogen) atoms. The predicted octanol–water partition coefficient (Wildman–Crippen LogP) is 2.03. The fraction of sp³-hybridized carbons (Fsp3) is 0.625. The first-order valence-corrected chi connectivity index (χ1v) is 7.52. The number of hydrogen-bond donors (Lipinski definition) is 2. The third kappa shape index (κ3) is 5.36. The Kier molecular flexibility index (Phi) is 6.57. The highest BCUT2D eigenvalue weighted by Crippen LogP contribution is 2.16. The van der Waals surface area contributed by atoms with Crippen LogP contribution in [0.5, 0.6) is 0 Å². The maximum absolute atomic E-state index is 13.6. The maximum atomic E-state index is 13.6. The minimum Gasteiger partial charge on any atom is -0.389 e. The van der Waals surface area contributed by atoms with Gasteiger partial charge in [-0.25, -0.2) is 4.39 Å². The van der Waals surface area contributed by atoms with E-state index in [9.17, 15) is 9.50 Å². The third-order valence-electron chi connectivity index (χ3n) is 3.67. The highest BCUT2D eigenvalue weighted by Gasteiger charge is 2.16. The lowest BCUT2D eigenvalue weighted by atomic mass is 10.1. The van der Waals surface area contributed by atoms with Crippen molar-refractivity contribution < 1.29 is 19.0 Å². The molecule has 0 aromatic heterocycles. The maximum Gasteiger partial charge on any atom is 0.127 e. The molecule has 0 amide bonds. The summed E-state index contributed by atoms with van der Waals surface area (Å²) in [5.41, 5.74) is 0.602. The largest absolute Gasteiger partial charge is 0.389 e. The van der Waals surface area contributed by atoms with Crippen LogP contribution in [0.15, 0.2) is 24.3 Å². The van der Waals surface area contributed by atoms with Crippen LogP contribution in [-0.2, 0) is 9.47 Å². The van der Waals surface area contributed by atoms with Crippen LogP contribution in [0.4, 0.5) is 4.39 Å². The summed E-state index contributed by atoms with van der Waals surface area (Å²) in [5, 5.41) is 13.0. The molecule has 0 radical (unpaired) electrons. The van der Waals surface area contributed by atoms with Crippen molar-refractivity contribution in [1.82, 2.24) is 5.32 Å². The zero-order valence-electron chi connectivity index (χ0n) is 12.4. The van der Waals surface area contributed by atoms with Gasteiger partial charge in [-0.05, 0) is 25.8 Å². The topological polar surface area (TPSA) is 50.7 Å².